The SMILES string of the molecule is COc1ccccc1CC(=O)NC1(C(=O)O)CCSCC1. The van der Waals surface area contributed by atoms with E-state index < -0.39 is 11.5 Å². The van der Waals surface area contributed by atoms with Gasteiger partial charge in [-0.05, 0) is 30.4 Å². The number of nitrogens with one attached hydrogen (secondary N) is 1. The molecule has 5 nitrogen and oxygen atoms in total. The fourth-order valence-corrected chi connectivity index (χ4v) is 3.63. The fraction of sp³-hybridized carbons (Fsp3) is 0.467. The van der Waals surface area contributed by atoms with E-state index in [9.17, 15) is 14.7 Å². The number of carbonyl (C=O) groups excluding carboxylic acids is 1. The Morgan fingerprint density at radius 1 is 1.33 bits per heavy atom. The van der Waals surface area contributed by atoms with Crippen LogP contribution in [-0.4, -0.2) is 41.1 Å². The molecule has 1 amide bonds. The number of amides is 1. The van der Waals surface area contributed by atoms with Gasteiger partial charge in [0, 0.05) is 5.56 Å². The second kappa shape index (κ2) is 6.85. The van der Waals surface area contributed by atoms with Gasteiger partial charge in [0.25, 0.3) is 0 Å². The van der Waals surface area contributed by atoms with E-state index in [0.717, 1.165) is 17.1 Å². The van der Waals surface area contributed by atoms with Gasteiger partial charge in [0.15, 0.2) is 0 Å². The molecule has 0 spiro atoms. The minimum Gasteiger partial charge on any atom is -0.496 e. The van der Waals surface area contributed by atoms with Crippen LogP contribution >= 0.6 is 11.8 Å². The molecule has 2 N–H and O–H groups in total. The predicted molar refractivity (Wildman–Crippen MR) is 81.8 cm³/mol. The van der Waals surface area contributed by atoms with Crippen LogP contribution in [0.1, 0.15) is 18.4 Å². The summed E-state index contributed by atoms with van der Waals surface area (Å²) in [4.78, 5) is 23.8. The van der Waals surface area contributed by atoms with E-state index >= 15 is 0 Å². The van der Waals surface area contributed by atoms with Gasteiger partial charge in [0.1, 0.15) is 11.3 Å². The van der Waals surface area contributed by atoms with E-state index in [1.165, 1.54) is 0 Å². The van der Waals surface area contributed by atoms with Crippen molar-refractivity contribution in [2.75, 3.05) is 18.6 Å². The van der Waals surface area contributed by atoms with Crippen molar-refractivity contribution in [3.63, 3.8) is 0 Å². The molecule has 21 heavy (non-hydrogen) atoms. The smallest absolute Gasteiger partial charge is 0.329 e. The van der Waals surface area contributed by atoms with Crippen LogP contribution in [0.15, 0.2) is 24.3 Å². The van der Waals surface area contributed by atoms with Gasteiger partial charge >= 0.3 is 5.97 Å². The monoisotopic (exact) mass is 309 g/mol. The number of rotatable bonds is 5. The molecule has 0 bridgehead atoms. The number of aliphatic carboxylic acids is 1. The van der Waals surface area contributed by atoms with Gasteiger partial charge in [-0.1, -0.05) is 18.2 Å². The summed E-state index contributed by atoms with van der Waals surface area (Å²) < 4.78 is 5.21. The zero-order chi connectivity index (χ0) is 15.3. The fourth-order valence-electron chi connectivity index (χ4n) is 2.45. The molecule has 0 aliphatic carbocycles. The molecular formula is C15H19NO4S. The normalized spacial score (nSPS) is 17.0. The molecule has 6 heteroatoms. The van der Waals surface area contributed by atoms with Crippen LogP contribution in [0.4, 0.5) is 0 Å². The van der Waals surface area contributed by atoms with Crippen molar-refractivity contribution in [2.45, 2.75) is 24.8 Å². The minimum absolute atomic E-state index is 0.117. The summed E-state index contributed by atoms with van der Waals surface area (Å²) in [6.45, 7) is 0. The average Bonchev–Trinajstić information content (AvgIpc) is 2.48. The molecule has 1 heterocycles. The molecule has 1 fully saturated rings. The first-order chi connectivity index (χ1) is 10.1. The Morgan fingerprint density at radius 2 is 2.00 bits per heavy atom. The van der Waals surface area contributed by atoms with E-state index in [1.807, 2.05) is 18.2 Å². The predicted octanol–water partition coefficient (Wildman–Crippen LogP) is 1.70. The first-order valence-corrected chi connectivity index (χ1v) is 7.97. The minimum atomic E-state index is -1.12. The molecule has 0 aromatic heterocycles. The van der Waals surface area contributed by atoms with E-state index in [0.29, 0.717) is 18.6 Å². The summed E-state index contributed by atoms with van der Waals surface area (Å²) in [7, 11) is 1.55. The van der Waals surface area contributed by atoms with Crippen molar-refractivity contribution in [3.05, 3.63) is 29.8 Å². The van der Waals surface area contributed by atoms with Gasteiger partial charge in [0.05, 0.1) is 13.5 Å². The summed E-state index contributed by atoms with van der Waals surface area (Å²) >= 11 is 1.72. The Morgan fingerprint density at radius 3 is 2.62 bits per heavy atom. The highest BCUT2D eigenvalue weighted by molar-refractivity contribution is 7.99. The van der Waals surface area contributed by atoms with Crippen LogP contribution in [-0.2, 0) is 16.0 Å². The third kappa shape index (κ3) is 3.69. The van der Waals surface area contributed by atoms with Gasteiger partial charge < -0.3 is 15.2 Å². The molecule has 0 radical (unpaired) electrons. The van der Waals surface area contributed by atoms with Crippen molar-refractivity contribution in [1.82, 2.24) is 5.32 Å². The van der Waals surface area contributed by atoms with E-state index in [1.54, 1.807) is 24.9 Å². The molecule has 0 unspecified atom stereocenters. The lowest BCUT2D eigenvalue weighted by molar-refractivity contribution is -0.148. The van der Waals surface area contributed by atoms with Gasteiger partial charge in [-0.25, -0.2) is 4.79 Å². The number of hydrogen-bond acceptors (Lipinski definition) is 4. The number of hydrogen-bond donors (Lipinski definition) is 2. The van der Waals surface area contributed by atoms with E-state index in [-0.39, 0.29) is 12.3 Å². The first kappa shape index (κ1) is 15.7. The molecule has 2 rings (SSSR count). The zero-order valence-electron chi connectivity index (χ0n) is 11.9. The highest BCUT2D eigenvalue weighted by Crippen LogP contribution is 2.28. The summed E-state index contributed by atoms with van der Waals surface area (Å²) in [6.07, 6.45) is 1.04. The molecule has 114 valence electrons. The van der Waals surface area contributed by atoms with Crippen LogP contribution in [0.25, 0.3) is 0 Å². The second-order valence-electron chi connectivity index (χ2n) is 5.04. The number of methoxy groups -OCH3 is 1. The Balaban J connectivity index is 2.07. The summed E-state index contributed by atoms with van der Waals surface area (Å²) in [6, 6.07) is 7.25. The Labute approximate surface area is 128 Å². The van der Waals surface area contributed by atoms with Crippen molar-refractivity contribution in [1.29, 1.82) is 0 Å². The van der Waals surface area contributed by atoms with Gasteiger partial charge in [-0.3, -0.25) is 4.79 Å². The van der Waals surface area contributed by atoms with Crippen molar-refractivity contribution in [3.8, 4) is 5.75 Å². The third-order valence-corrected chi connectivity index (χ3v) is 4.66. The highest BCUT2D eigenvalue weighted by atomic mass is 32.2. The lowest BCUT2D eigenvalue weighted by Gasteiger charge is -2.33. The number of thioether (sulfide) groups is 1. The number of benzene rings is 1. The third-order valence-electron chi connectivity index (χ3n) is 3.68. The lowest BCUT2D eigenvalue weighted by Crippen LogP contribution is -2.56. The highest BCUT2D eigenvalue weighted by Gasteiger charge is 2.41. The number of carboxylic acids is 1. The average molecular weight is 309 g/mol. The van der Waals surface area contributed by atoms with E-state index in [2.05, 4.69) is 5.32 Å². The molecule has 0 saturated carbocycles. The molecule has 1 aromatic carbocycles. The van der Waals surface area contributed by atoms with Gasteiger partial charge in [-0.15, -0.1) is 0 Å². The van der Waals surface area contributed by atoms with Crippen LogP contribution in [0.2, 0.25) is 0 Å². The number of carbonyl (C=O) groups is 2. The molecule has 0 atom stereocenters. The van der Waals surface area contributed by atoms with Crippen molar-refractivity contribution in [2.24, 2.45) is 0 Å². The number of ether oxygens (including phenoxy) is 1. The molecule has 1 aliphatic rings. The summed E-state index contributed by atoms with van der Waals surface area (Å²) in [5.74, 6) is 0.906. The lowest BCUT2D eigenvalue weighted by atomic mass is 9.92. The molecule has 1 saturated heterocycles. The quantitative estimate of drug-likeness (QED) is 0.866. The maximum Gasteiger partial charge on any atom is 0.329 e. The zero-order valence-corrected chi connectivity index (χ0v) is 12.7. The van der Waals surface area contributed by atoms with Gasteiger partial charge in [0.2, 0.25) is 5.91 Å². The van der Waals surface area contributed by atoms with E-state index in [4.69, 9.17) is 4.74 Å². The topological polar surface area (TPSA) is 75.6 Å². The Kier molecular flexibility index (Phi) is 5.12. The molecule has 1 aliphatic heterocycles. The summed E-state index contributed by atoms with van der Waals surface area (Å²) in [5, 5.41) is 12.2. The number of para-hydroxylation sites is 1. The van der Waals surface area contributed by atoms with Crippen LogP contribution in [0.5, 0.6) is 5.75 Å². The second-order valence-corrected chi connectivity index (χ2v) is 6.26. The summed E-state index contributed by atoms with van der Waals surface area (Å²) in [5.41, 5.74) is -0.368. The van der Waals surface area contributed by atoms with Gasteiger partial charge in [-0.2, -0.15) is 11.8 Å². The Bertz CT molecular complexity index is 526. The van der Waals surface area contributed by atoms with Crippen LogP contribution in [0.3, 0.4) is 0 Å². The van der Waals surface area contributed by atoms with Crippen LogP contribution < -0.4 is 10.1 Å². The first-order valence-electron chi connectivity index (χ1n) is 6.81. The standard InChI is InChI=1S/C15H19NO4S/c1-20-12-5-3-2-4-11(12)10-13(17)16-15(14(18)19)6-8-21-9-7-15/h2-5H,6-10H2,1H3,(H,16,17)(H,18,19). The largest absolute Gasteiger partial charge is 0.496 e. The molecular weight excluding hydrogens is 290 g/mol. The number of carboxylic acid groups (broad SMARTS) is 1. The van der Waals surface area contributed by atoms with Crippen molar-refractivity contribution < 1.29 is 19.4 Å². The Hall–Kier alpha value is -1.69. The maximum absolute atomic E-state index is 12.2. The maximum atomic E-state index is 12.2. The molecule has 1 aromatic rings. The van der Waals surface area contributed by atoms with Crippen LogP contribution in [0, 0.1) is 0 Å². The van der Waals surface area contributed by atoms with Crippen molar-refractivity contribution >= 4 is 23.6 Å².